The lowest BCUT2D eigenvalue weighted by molar-refractivity contribution is -0.141. The number of nitrogens with zero attached hydrogens (tertiary/aromatic N) is 2. The molecule has 2 fully saturated rings. The Morgan fingerprint density at radius 2 is 1.84 bits per heavy atom. The number of unbranched alkanes of at least 4 members (excludes halogenated alkanes) is 1. The van der Waals surface area contributed by atoms with E-state index in [-0.39, 0.29) is 37.2 Å². The van der Waals surface area contributed by atoms with E-state index in [1.165, 1.54) is 11.1 Å². The van der Waals surface area contributed by atoms with E-state index in [9.17, 15) is 9.90 Å². The molecule has 9 nitrogen and oxygen atoms in total. The Morgan fingerprint density at radius 1 is 1.02 bits per heavy atom. The van der Waals surface area contributed by atoms with E-state index >= 15 is 0 Å². The molecule has 1 heterocycles. The number of rotatable bonds is 22. The van der Waals surface area contributed by atoms with E-state index in [1.54, 1.807) is 4.90 Å². The average Bonchev–Trinajstić information content (AvgIpc) is 4.06. The highest BCUT2D eigenvalue weighted by Gasteiger charge is 2.46. The molecule has 2 aromatic carbocycles. The van der Waals surface area contributed by atoms with Gasteiger partial charge in [-0.2, -0.15) is 0 Å². The molecule has 2 saturated carbocycles. The maximum Gasteiger partial charge on any atom is 0.251 e. The lowest BCUT2D eigenvalue weighted by atomic mass is 9.93. The molecule has 266 valence electrons. The van der Waals surface area contributed by atoms with Gasteiger partial charge in [-0.15, -0.1) is 0 Å². The summed E-state index contributed by atoms with van der Waals surface area (Å²) in [6.07, 6.45) is 10.4. The van der Waals surface area contributed by atoms with E-state index in [0.717, 1.165) is 66.0 Å². The highest BCUT2D eigenvalue weighted by atomic mass is 35.5. The summed E-state index contributed by atoms with van der Waals surface area (Å²) in [6.45, 7) is 4.11. The van der Waals surface area contributed by atoms with Crippen molar-refractivity contribution in [2.75, 3.05) is 39.5 Å². The van der Waals surface area contributed by atoms with Gasteiger partial charge in [0.15, 0.2) is 0 Å². The van der Waals surface area contributed by atoms with E-state index in [4.69, 9.17) is 31.3 Å². The zero-order chi connectivity index (χ0) is 34.6. The second-order valence-corrected chi connectivity index (χ2v) is 13.9. The summed E-state index contributed by atoms with van der Waals surface area (Å²) in [7, 11) is 0. The Hall–Kier alpha value is -3.05. The van der Waals surface area contributed by atoms with Crippen LogP contribution in [-0.4, -0.2) is 82.8 Å². The molecule has 5 rings (SSSR count). The van der Waals surface area contributed by atoms with Crippen LogP contribution in [0.15, 0.2) is 60.9 Å². The van der Waals surface area contributed by atoms with Crippen LogP contribution >= 0.6 is 11.6 Å². The fourth-order valence-electron chi connectivity index (χ4n) is 6.35. The minimum Gasteiger partial charge on any atom is -0.490 e. The van der Waals surface area contributed by atoms with Gasteiger partial charge in [0.05, 0.1) is 25.9 Å². The number of amides is 1. The number of pyridine rings is 1. The zero-order valence-corrected chi connectivity index (χ0v) is 29.4. The highest BCUT2D eigenvalue weighted by molar-refractivity contribution is 6.31. The predicted molar refractivity (Wildman–Crippen MR) is 192 cm³/mol. The largest absolute Gasteiger partial charge is 0.490 e. The molecular formula is C39H52ClN3O6. The summed E-state index contributed by atoms with van der Waals surface area (Å²) in [5.74, 6) is 0.841. The van der Waals surface area contributed by atoms with Gasteiger partial charge in [0.1, 0.15) is 11.9 Å². The van der Waals surface area contributed by atoms with E-state index in [0.29, 0.717) is 51.6 Å². The van der Waals surface area contributed by atoms with Crippen molar-refractivity contribution in [2.45, 2.75) is 94.9 Å². The quantitative estimate of drug-likeness (QED) is 0.0950. The number of nitrogens with one attached hydrogen (secondary N) is 1. The maximum atomic E-state index is 13.0. The third-order valence-corrected chi connectivity index (χ3v) is 10.00. The van der Waals surface area contributed by atoms with Gasteiger partial charge in [-0.05, 0) is 104 Å². The number of aliphatic hydroxyl groups excluding tert-OH is 3. The molecule has 2 aliphatic carbocycles. The molecule has 2 aliphatic rings. The van der Waals surface area contributed by atoms with E-state index < -0.39 is 6.10 Å². The van der Waals surface area contributed by atoms with Gasteiger partial charge in [0.25, 0.3) is 5.91 Å². The monoisotopic (exact) mass is 693 g/mol. The third-order valence-electron chi connectivity index (χ3n) is 9.63. The highest BCUT2D eigenvalue weighted by Crippen LogP contribution is 2.50. The van der Waals surface area contributed by atoms with Gasteiger partial charge in [-0.1, -0.05) is 48.9 Å². The number of hydrogen-bond acceptors (Lipinski definition) is 8. The van der Waals surface area contributed by atoms with Crippen molar-refractivity contribution in [3.63, 3.8) is 0 Å². The van der Waals surface area contributed by atoms with Gasteiger partial charge >= 0.3 is 0 Å². The first-order chi connectivity index (χ1) is 23.8. The van der Waals surface area contributed by atoms with Crippen LogP contribution in [0.3, 0.4) is 0 Å². The first-order valence-corrected chi connectivity index (χ1v) is 18.2. The van der Waals surface area contributed by atoms with Crippen LogP contribution in [0.2, 0.25) is 5.02 Å². The second kappa shape index (κ2) is 18.3. The van der Waals surface area contributed by atoms with Gasteiger partial charge in [0.2, 0.25) is 0 Å². The molecule has 0 radical (unpaired) electrons. The molecule has 49 heavy (non-hydrogen) atoms. The van der Waals surface area contributed by atoms with Crippen LogP contribution in [0, 0.1) is 0 Å². The predicted octanol–water partition coefficient (Wildman–Crippen LogP) is 5.97. The van der Waals surface area contributed by atoms with E-state index in [2.05, 4.69) is 53.6 Å². The first-order valence-electron chi connectivity index (χ1n) is 17.9. The minimum atomic E-state index is -1.10. The summed E-state index contributed by atoms with van der Waals surface area (Å²) in [5.41, 5.74) is 5.48. The number of carbonyl (C=O) groups excluding carboxylic acids is 1. The number of para-hydroxylation sites is 1. The maximum absolute atomic E-state index is 13.0. The van der Waals surface area contributed by atoms with Crippen molar-refractivity contribution in [3.8, 4) is 16.9 Å². The van der Waals surface area contributed by atoms with Crippen LogP contribution in [0.4, 0.5) is 0 Å². The molecule has 0 saturated heterocycles. The Bertz CT molecular complexity index is 1500. The van der Waals surface area contributed by atoms with Crippen LogP contribution in [0.25, 0.3) is 11.1 Å². The molecule has 10 heteroatoms. The van der Waals surface area contributed by atoms with Crippen LogP contribution in [-0.2, 0) is 21.6 Å². The van der Waals surface area contributed by atoms with Crippen molar-refractivity contribution in [2.24, 2.45) is 0 Å². The molecule has 2 atom stereocenters. The summed E-state index contributed by atoms with van der Waals surface area (Å²) >= 11 is 6.75. The number of carbonyl (C=O) groups is 1. The van der Waals surface area contributed by atoms with Crippen molar-refractivity contribution in [1.29, 1.82) is 0 Å². The van der Waals surface area contributed by atoms with Crippen molar-refractivity contribution in [3.05, 3.63) is 82.6 Å². The van der Waals surface area contributed by atoms with Crippen molar-refractivity contribution < 1.29 is 29.6 Å². The lowest BCUT2D eigenvalue weighted by Gasteiger charge is -2.26. The Morgan fingerprint density at radius 3 is 2.59 bits per heavy atom. The zero-order valence-electron chi connectivity index (χ0n) is 28.7. The SMILES string of the molecule is CC(CCCN(CCOCCO)C(=O)C(O)CCCCO)c1ccc(Cl)c(CNC2(c3cnccc3-c3ccccc3OC3CC3)CC2)c1. The van der Waals surface area contributed by atoms with Gasteiger partial charge in [0, 0.05) is 54.8 Å². The molecule has 1 aromatic heterocycles. The van der Waals surface area contributed by atoms with Crippen LogP contribution in [0.1, 0.15) is 87.3 Å². The Balaban J connectivity index is 1.20. The van der Waals surface area contributed by atoms with E-state index in [1.807, 2.05) is 24.5 Å². The molecule has 0 aliphatic heterocycles. The summed E-state index contributed by atoms with van der Waals surface area (Å²) in [6, 6.07) is 16.6. The topological polar surface area (TPSA) is 124 Å². The number of benzene rings is 2. The number of aliphatic hydroxyl groups is 3. The molecule has 4 N–H and O–H groups in total. The summed E-state index contributed by atoms with van der Waals surface area (Å²) < 4.78 is 11.7. The van der Waals surface area contributed by atoms with Crippen molar-refractivity contribution >= 4 is 17.5 Å². The number of halogens is 1. The summed E-state index contributed by atoms with van der Waals surface area (Å²) in [5, 5.41) is 33.1. The number of ether oxygens (including phenoxy) is 2. The Labute approximate surface area is 295 Å². The number of aromatic nitrogens is 1. The molecule has 2 unspecified atom stereocenters. The molecule has 1 amide bonds. The second-order valence-electron chi connectivity index (χ2n) is 13.5. The lowest BCUT2D eigenvalue weighted by Crippen LogP contribution is -2.41. The first kappa shape index (κ1) is 37.2. The Kier molecular flexibility index (Phi) is 13.9. The molecule has 0 bridgehead atoms. The van der Waals surface area contributed by atoms with Gasteiger partial charge in [-0.25, -0.2) is 0 Å². The minimum absolute atomic E-state index is 0.0392. The molecule has 3 aromatic rings. The molecular weight excluding hydrogens is 642 g/mol. The van der Waals surface area contributed by atoms with Gasteiger partial charge in [-0.3, -0.25) is 9.78 Å². The number of hydrogen-bond donors (Lipinski definition) is 4. The van der Waals surface area contributed by atoms with Crippen LogP contribution in [0.5, 0.6) is 5.75 Å². The third kappa shape index (κ3) is 10.5. The normalized spacial score (nSPS) is 16.3. The van der Waals surface area contributed by atoms with Gasteiger partial charge < -0.3 is 35.0 Å². The van der Waals surface area contributed by atoms with Crippen LogP contribution < -0.4 is 10.1 Å². The van der Waals surface area contributed by atoms with Crippen molar-refractivity contribution in [1.82, 2.24) is 15.2 Å². The fraction of sp³-hybridized carbons (Fsp3) is 0.538. The summed E-state index contributed by atoms with van der Waals surface area (Å²) in [4.78, 5) is 19.2. The standard InChI is InChI=1S/C39H52ClN3O6/c1-28(7-6-19-43(20-23-48-24-22-45)38(47)36(46)9-4-5-21-44)29-11-14-35(40)30(25-29)26-42-39(16-17-39)34-27-41-18-15-32(34)33-8-2-3-10-37(33)49-31-12-13-31/h2-3,8,10-11,14-15,18,25,27-28,31,36,42,44-46H,4-7,9,12-13,16-17,19-24,26H2,1H3. The average molecular weight is 694 g/mol. The smallest absolute Gasteiger partial charge is 0.251 e. The molecule has 0 spiro atoms. The fourth-order valence-corrected chi connectivity index (χ4v) is 6.53.